The van der Waals surface area contributed by atoms with E-state index in [1.807, 2.05) is 36.4 Å². The quantitative estimate of drug-likeness (QED) is 0.620. The number of aromatic nitrogens is 1. The van der Waals surface area contributed by atoms with Crippen molar-refractivity contribution in [2.45, 2.75) is 31.2 Å². The van der Waals surface area contributed by atoms with Crippen molar-refractivity contribution in [1.29, 1.82) is 5.26 Å². The molecule has 3 aromatic rings. The SMILES string of the molecule is CC1CCCN(S(=O)(=O)c2ccc(-c3nc(C#N)c(NCc4ccccc4)o3)cc2)C1. The minimum atomic E-state index is -3.52. The van der Waals surface area contributed by atoms with Gasteiger partial charge in [-0.25, -0.2) is 8.42 Å². The zero-order valence-corrected chi connectivity index (χ0v) is 18.1. The van der Waals surface area contributed by atoms with Gasteiger partial charge >= 0.3 is 0 Å². The molecule has 1 N–H and O–H groups in total. The number of hydrogen-bond acceptors (Lipinski definition) is 6. The molecule has 31 heavy (non-hydrogen) atoms. The van der Waals surface area contributed by atoms with Crippen molar-refractivity contribution in [3.8, 4) is 17.5 Å². The van der Waals surface area contributed by atoms with Crippen molar-refractivity contribution in [3.63, 3.8) is 0 Å². The molecular weight excluding hydrogens is 412 g/mol. The van der Waals surface area contributed by atoms with Gasteiger partial charge in [-0.15, -0.1) is 0 Å². The zero-order valence-electron chi connectivity index (χ0n) is 17.3. The highest BCUT2D eigenvalue weighted by molar-refractivity contribution is 7.89. The molecule has 0 bridgehead atoms. The van der Waals surface area contributed by atoms with Gasteiger partial charge in [-0.05, 0) is 48.6 Å². The number of sulfonamides is 1. The summed E-state index contributed by atoms with van der Waals surface area (Å²) in [5.41, 5.74) is 1.81. The number of nitrogens with zero attached hydrogens (tertiary/aromatic N) is 3. The molecule has 2 aromatic carbocycles. The highest BCUT2D eigenvalue weighted by atomic mass is 32.2. The summed E-state index contributed by atoms with van der Waals surface area (Å²) in [7, 11) is -3.52. The molecule has 8 heteroatoms. The van der Waals surface area contributed by atoms with Gasteiger partial charge in [0.05, 0.1) is 4.90 Å². The number of benzene rings is 2. The Bertz CT molecular complexity index is 1180. The second-order valence-corrected chi connectivity index (χ2v) is 9.72. The first-order chi connectivity index (χ1) is 15.0. The molecular formula is C23H24N4O3S. The van der Waals surface area contributed by atoms with Crippen LogP contribution in [0.15, 0.2) is 63.9 Å². The number of hydrogen-bond donors (Lipinski definition) is 1. The van der Waals surface area contributed by atoms with Gasteiger partial charge in [0.25, 0.3) is 0 Å². The molecule has 4 rings (SSSR count). The maximum atomic E-state index is 12.9. The van der Waals surface area contributed by atoms with Crippen LogP contribution in [-0.2, 0) is 16.6 Å². The summed E-state index contributed by atoms with van der Waals surface area (Å²) in [6, 6.07) is 18.2. The van der Waals surface area contributed by atoms with Crippen molar-refractivity contribution in [3.05, 3.63) is 65.9 Å². The number of piperidine rings is 1. The molecule has 2 heterocycles. The molecule has 1 fully saturated rings. The number of nitrogens with one attached hydrogen (secondary N) is 1. The highest BCUT2D eigenvalue weighted by Crippen LogP contribution is 2.28. The zero-order chi connectivity index (χ0) is 21.8. The molecule has 0 amide bonds. The second kappa shape index (κ2) is 8.92. The van der Waals surface area contributed by atoms with E-state index in [-0.39, 0.29) is 16.5 Å². The molecule has 1 saturated heterocycles. The Morgan fingerprint density at radius 1 is 1.19 bits per heavy atom. The fraction of sp³-hybridized carbons (Fsp3) is 0.304. The van der Waals surface area contributed by atoms with Crippen molar-refractivity contribution in [2.75, 3.05) is 18.4 Å². The fourth-order valence-electron chi connectivity index (χ4n) is 3.70. The minimum Gasteiger partial charge on any atom is -0.419 e. The van der Waals surface area contributed by atoms with Gasteiger partial charge in [-0.3, -0.25) is 0 Å². The number of rotatable bonds is 6. The molecule has 1 aromatic heterocycles. The smallest absolute Gasteiger partial charge is 0.243 e. The van der Waals surface area contributed by atoms with Crippen LogP contribution in [0.3, 0.4) is 0 Å². The van der Waals surface area contributed by atoms with Crippen LogP contribution in [0, 0.1) is 17.2 Å². The summed E-state index contributed by atoms with van der Waals surface area (Å²) in [6.45, 7) is 3.67. The topological polar surface area (TPSA) is 99.2 Å². The maximum Gasteiger partial charge on any atom is 0.243 e. The molecule has 1 aliphatic heterocycles. The third kappa shape index (κ3) is 4.63. The number of nitriles is 1. The van der Waals surface area contributed by atoms with Crippen molar-refractivity contribution < 1.29 is 12.8 Å². The fourth-order valence-corrected chi connectivity index (χ4v) is 5.30. The first-order valence-corrected chi connectivity index (χ1v) is 11.7. The highest BCUT2D eigenvalue weighted by Gasteiger charge is 2.28. The Morgan fingerprint density at radius 2 is 1.94 bits per heavy atom. The Morgan fingerprint density at radius 3 is 2.61 bits per heavy atom. The lowest BCUT2D eigenvalue weighted by molar-refractivity contribution is 0.281. The van der Waals surface area contributed by atoms with Crippen LogP contribution in [0.4, 0.5) is 5.88 Å². The van der Waals surface area contributed by atoms with Crippen LogP contribution >= 0.6 is 0 Å². The lowest BCUT2D eigenvalue weighted by atomic mass is 10.0. The largest absolute Gasteiger partial charge is 0.419 e. The summed E-state index contributed by atoms with van der Waals surface area (Å²) in [5.74, 6) is 0.921. The van der Waals surface area contributed by atoms with E-state index in [0.717, 1.165) is 18.4 Å². The van der Waals surface area contributed by atoms with E-state index in [9.17, 15) is 13.7 Å². The lowest BCUT2D eigenvalue weighted by Gasteiger charge is -2.30. The van der Waals surface area contributed by atoms with Gasteiger partial charge in [0, 0.05) is 25.2 Å². The standard InChI is InChI=1S/C23H24N4O3S/c1-17-6-5-13-27(16-17)31(28,29)20-11-9-19(10-12-20)22-26-21(14-24)23(30-22)25-15-18-7-3-2-4-8-18/h2-4,7-12,17,25H,5-6,13,15-16H2,1H3. The molecule has 1 unspecified atom stereocenters. The Kier molecular flexibility index (Phi) is 6.07. The summed E-state index contributed by atoms with van der Waals surface area (Å²) in [5, 5.41) is 12.5. The van der Waals surface area contributed by atoms with E-state index < -0.39 is 10.0 Å². The summed E-state index contributed by atoms with van der Waals surface area (Å²) in [4.78, 5) is 4.50. The average Bonchev–Trinajstić information content (AvgIpc) is 3.22. The molecule has 1 aliphatic rings. The monoisotopic (exact) mass is 436 g/mol. The molecule has 7 nitrogen and oxygen atoms in total. The second-order valence-electron chi connectivity index (χ2n) is 7.78. The van der Waals surface area contributed by atoms with E-state index in [1.54, 1.807) is 28.6 Å². The van der Waals surface area contributed by atoms with Crippen LogP contribution in [-0.4, -0.2) is 30.8 Å². The lowest BCUT2D eigenvalue weighted by Crippen LogP contribution is -2.39. The van der Waals surface area contributed by atoms with E-state index in [0.29, 0.717) is 37.0 Å². The third-order valence-electron chi connectivity index (χ3n) is 5.39. The van der Waals surface area contributed by atoms with Gasteiger partial charge in [0.15, 0.2) is 0 Å². The van der Waals surface area contributed by atoms with Crippen LogP contribution in [0.5, 0.6) is 0 Å². The van der Waals surface area contributed by atoms with Crippen LogP contribution < -0.4 is 5.32 Å². The van der Waals surface area contributed by atoms with Crippen molar-refractivity contribution in [2.24, 2.45) is 5.92 Å². The van der Waals surface area contributed by atoms with E-state index >= 15 is 0 Å². The van der Waals surface area contributed by atoms with Crippen LogP contribution in [0.1, 0.15) is 31.0 Å². The molecule has 0 spiro atoms. The average molecular weight is 437 g/mol. The maximum absolute atomic E-state index is 12.9. The predicted molar refractivity (Wildman–Crippen MR) is 118 cm³/mol. The van der Waals surface area contributed by atoms with Gasteiger partial charge in [-0.2, -0.15) is 14.6 Å². The van der Waals surface area contributed by atoms with E-state index in [1.165, 1.54) is 0 Å². The minimum absolute atomic E-state index is 0.157. The van der Waals surface area contributed by atoms with Gasteiger partial charge in [-0.1, -0.05) is 37.3 Å². The van der Waals surface area contributed by atoms with Crippen LogP contribution in [0.2, 0.25) is 0 Å². The first-order valence-electron chi connectivity index (χ1n) is 10.3. The summed E-state index contributed by atoms with van der Waals surface area (Å²) in [6.07, 6.45) is 1.93. The van der Waals surface area contributed by atoms with Gasteiger partial charge in [0.2, 0.25) is 27.5 Å². The predicted octanol–water partition coefficient (Wildman–Crippen LogP) is 4.25. The van der Waals surface area contributed by atoms with Gasteiger partial charge < -0.3 is 9.73 Å². The van der Waals surface area contributed by atoms with Crippen molar-refractivity contribution in [1.82, 2.24) is 9.29 Å². The Balaban J connectivity index is 1.52. The molecule has 160 valence electrons. The van der Waals surface area contributed by atoms with E-state index in [4.69, 9.17) is 4.42 Å². The molecule has 1 atom stereocenters. The van der Waals surface area contributed by atoms with Crippen molar-refractivity contribution >= 4 is 15.9 Å². The molecule has 0 aliphatic carbocycles. The number of anilines is 1. The Hall–Kier alpha value is -3.15. The van der Waals surface area contributed by atoms with Crippen LogP contribution in [0.25, 0.3) is 11.5 Å². The first kappa shape index (κ1) is 21.1. The molecule has 0 radical (unpaired) electrons. The van der Waals surface area contributed by atoms with E-state index in [2.05, 4.69) is 17.2 Å². The number of oxazole rings is 1. The normalized spacial score (nSPS) is 17.2. The molecule has 0 saturated carbocycles. The van der Waals surface area contributed by atoms with Gasteiger partial charge in [0.1, 0.15) is 6.07 Å². The third-order valence-corrected chi connectivity index (χ3v) is 7.27. The summed E-state index contributed by atoms with van der Waals surface area (Å²) < 4.78 is 33.2. The summed E-state index contributed by atoms with van der Waals surface area (Å²) >= 11 is 0. The Labute approximate surface area is 182 Å².